The summed E-state index contributed by atoms with van der Waals surface area (Å²) in [6, 6.07) is 11.3. The number of aryl methyl sites for hydroxylation is 2. The molecule has 0 aliphatic rings. The monoisotopic (exact) mass is 280 g/mol. The van der Waals surface area contributed by atoms with E-state index >= 15 is 0 Å². The quantitative estimate of drug-likeness (QED) is 0.754. The molecule has 1 aromatic carbocycles. The lowest BCUT2D eigenvalue weighted by molar-refractivity contribution is 0.262. The minimum absolute atomic E-state index is 0.301. The summed E-state index contributed by atoms with van der Waals surface area (Å²) in [4.78, 5) is 16.2. The maximum atomic E-state index is 12.1. The van der Waals surface area contributed by atoms with Crippen molar-refractivity contribution in [2.75, 3.05) is 10.6 Å². The number of nitrogens with zero attached hydrogens (tertiary/aromatic N) is 2. The number of para-hydroxylation sites is 1. The molecular weight excluding hydrogens is 264 g/mol. The lowest BCUT2D eigenvalue weighted by Gasteiger charge is -2.06. The Bertz CT molecular complexity index is 807. The molecule has 0 saturated heterocycles. The molecule has 0 bridgehead atoms. The third kappa shape index (κ3) is 2.72. The fourth-order valence-electron chi connectivity index (χ4n) is 2.32. The van der Waals surface area contributed by atoms with Crippen molar-refractivity contribution >= 4 is 28.4 Å². The highest BCUT2D eigenvalue weighted by Crippen LogP contribution is 2.24. The van der Waals surface area contributed by atoms with E-state index in [2.05, 4.69) is 15.6 Å². The first kappa shape index (κ1) is 13.2. The Labute approximate surface area is 122 Å². The molecule has 0 unspecified atom stereocenters. The number of fused-ring (bicyclic) bond motifs is 1. The van der Waals surface area contributed by atoms with Crippen LogP contribution in [0.2, 0.25) is 0 Å². The van der Waals surface area contributed by atoms with Gasteiger partial charge in [-0.25, -0.2) is 9.78 Å². The Hall–Kier alpha value is -2.82. The molecule has 0 aliphatic carbocycles. The summed E-state index contributed by atoms with van der Waals surface area (Å²) in [5.41, 5.74) is 2.89. The van der Waals surface area contributed by atoms with Gasteiger partial charge < -0.3 is 9.88 Å². The third-order valence-corrected chi connectivity index (χ3v) is 3.30. The normalized spacial score (nSPS) is 10.6. The fourth-order valence-corrected chi connectivity index (χ4v) is 2.32. The summed E-state index contributed by atoms with van der Waals surface area (Å²) >= 11 is 0. The highest BCUT2D eigenvalue weighted by atomic mass is 16.2. The number of pyridine rings is 1. The smallest absolute Gasteiger partial charge is 0.324 e. The van der Waals surface area contributed by atoms with Crippen molar-refractivity contribution < 1.29 is 4.79 Å². The molecule has 5 nitrogen and oxygen atoms in total. The first-order valence-corrected chi connectivity index (χ1v) is 6.68. The molecule has 2 N–H and O–H groups in total. The summed E-state index contributed by atoms with van der Waals surface area (Å²) in [7, 11) is 1.95. The van der Waals surface area contributed by atoms with Crippen molar-refractivity contribution in [2.24, 2.45) is 7.05 Å². The van der Waals surface area contributed by atoms with Crippen LogP contribution in [0.4, 0.5) is 16.3 Å². The SMILES string of the molecule is Cc1ccnc(NC(=O)Nc2cn(C)c3ccccc23)c1. The fraction of sp³-hybridized carbons (Fsp3) is 0.125. The summed E-state index contributed by atoms with van der Waals surface area (Å²) in [6.45, 7) is 1.95. The summed E-state index contributed by atoms with van der Waals surface area (Å²) in [5, 5.41) is 6.60. The van der Waals surface area contributed by atoms with Crippen LogP contribution in [0.5, 0.6) is 0 Å². The third-order valence-electron chi connectivity index (χ3n) is 3.30. The molecule has 3 rings (SSSR count). The van der Waals surface area contributed by atoms with E-state index in [1.54, 1.807) is 6.20 Å². The van der Waals surface area contributed by atoms with Crippen LogP contribution in [0.15, 0.2) is 48.8 Å². The molecule has 0 aliphatic heterocycles. The number of hydrogen-bond acceptors (Lipinski definition) is 2. The van der Waals surface area contributed by atoms with Crippen molar-refractivity contribution in [3.8, 4) is 0 Å². The number of benzene rings is 1. The number of nitrogens with one attached hydrogen (secondary N) is 2. The van der Waals surface area contributed by atoms with Gasteiger partial charge in [0.2, 0.25) is 0 Å². The maximum Gasteiger partial charge on any atom is 0.324 e. The molecule has 5 heteroatoms. The van der Waals surface area contributed by atoms with E-state index in [1.165, 1.54) is 0 Å². The van der Waals surface area contributed by atoms with Gasteiger partial charge in [-0.2, -0.15) is 0 Å². The Morgan fingerprint density at radius 1 is 1.19 bits per heavy atom. The van der Waals surface area contributed by atoms with E-state index in [9.17, 15) is 4.79 Å². The Balaban J connectivity index is 1.80. The van der Waals surface area contributed by atoms with Crippen LogP contribution in [0.25, 0.3) is 10.9 Å². The number of carbonyl (C=O) groups excluding carboxylic acids is 1. The Morgan fingerprint density at radius 3 is 2.81 bits per heavy atom. The molecule has 0 atom stereocenters. The summed E-state index contributed by atoms with van der Waals surface area (Å²) in [6.07, 6.45) is 3.57. The zero-order chi connectivity index (χ0) is 14.8. The first-order valence-electron chi connectivity index (χ1n) is 6.68. The Morgan fingerprint density at radius 2 is 2.00 bits per heavy atom. The van der Waals surface area contributed by atoms with E-state index in [-0.39, 0.29) is 6.03 Å². The van der Waals surface area contributed by atoms with E-state index in [1.807, 2.05) is 61.1 Å². The minimum atomic E-state index is -0.301. The summed E-state index contributed by atoms with van der Waals surface area (Å²) < 4.78 is 1.98. The van der Waals surface area contributed by atoms with Crippen molar-refractivity contribution in [1.29, 1.82) is 0 Å². The van der Waals surface area contributed by atoms with Gasteiger partial charge in [0.1, 0.15) is 5.82 Å². The van der Waals surface area contributed by atoms with Gasteiger partial charge in [-0.1, -0.05) is 18.2 Å². The second-order valence-corrected chi connectivity index (χ2v) is 4.97. The van der Waals surface area contributed by atoms with Gasteiger partial charge in [-0.05, 0) is 30.7 Å². The van der Waals surface area contributed by atoms with Crippen LogP contribution >= 0.6 is 0 Å². The van der Waals surface area contributed by atoms with Crippen LogP contribution in [-0.4, -0.2) is 15.6 Å². The van der Waals surface area contributed by atoms with E-state index in [4.69, 9.17) is 0 Å². The summed E-state index contributed by atoms with van der Waals surface area (Å²) in [5.74, 6) is 0.535. The number of hydrogen-bond donors (Lipinski definition) is 2. The molecule has 2 heterocycles. The number of anilines is 2. The number of rotatable bonds is 2. The van der Waals surface area contributed by atoms with Gasteiger partial charge in [-0.15, -0.1) is 0 Å². The number of aromatic nitrogens is 2. The average Bonchev–Trinajstić information content (AvgIpc) is 2.76. The molecule has 2 amide bonds. The molecule has 0 fully saturated rings. The highest BCUT2D eigenvalue weighted by Gasteiger charge is 2.09. The molecule has 0 saturated carbocycles. The highest BCUT2D eigenvalue weighted by molar-refractivity contribution is 6.05. The van der Waals surface area contributed by atoms with Crippen LogP contribution < -0.4 is 10.6 Å². The molecule has 21 heavy (non-hydrogen) atoms. The molecular formula is C16H16N4O. The van der Waals surface area contributed by atoms with E-state index in [0.29, 0.717) is 5.82 Å². The second-order valence-electron chi connectivity index (χ2n) is 4.97. The Kier molecular flexibility index (Phi) is 3.31. The van der Waals surface area contributed by atoms with Crippen LogP contribution in [0.1, 0.15) is 5.56 Å². The number of urea groups is 1. The van der Waals surface area contributed by atoms with Gasteiger partial charge in [0.05, 0.1) is 5.69 Å². The van der Waals surface area contributed by atoms with Crippen molar-refractivity contribution in [1.82, 2.24) is 9.55 Å². The van der Waals surface area contributed by atoms with Crippen LogP contribution in [-0.2, 0) is 7.05 Å². The first-order chi connectivity index (χ1) is 10.1. The molecule has 0 spiro atoms. The zero-order valence-electron chi connectivity index (χ0n) is 11.9. The van der Waals surface area contributed by atoms with Gasteiger partial charge in [0.15, 0.2) is 0 Å². The van der Waals surface area contributed by atoms with Gasteiger partial charge in [0, 0.05) is 30.3 Å². The van der Waals surface area contributed by atoms with Gasteiger partial charge >= 0.3 is 6.03 Å². The van der Waals surface area contributed by atoms with E-state index < -0.39 is 0 Å². The van der Waals surface area contributed by atoms with Gasteiger partial charge in [-0.3, -0.25) is 5.32 Å². The van der Waals surface area contributed by atoms with Gasteiger partial charge in [0.25, 0.3) is 0 Å². The van der Waals surface area contributed by atoms with Crippen molar-refractivity contribution in [3.63, 3.8) is 0 Å². The maximum absolute atomic E-state index is 12.1. The molecule has 3 aromatic rings. The minimum Gasteiger partial charge on any atom is -0.348 e. The average molecular weight is 280 g/mol. The largest absolute Gasteiger partial charge is 0.348 e. The predicted molar refractivity (Wildman–Crippen MR) is 84.5 cm³/mol. The van der Waals surface area contributed by atoms with Crippen LogP contribution in [0, 0.1) is 6.92 Å². The standard InChI is InChI=1S/C16H16N4O/c1-11-7-8-17-15(9-11)19-16(21)18-13-10-20(2)14-6-4-3-5-12(13)14/h3-10H,1-2H3,(H2,17,18,19,21). The lowest BCUT2D eigenvalue weighted by atomic mass is 10.2. The predicted octanol–water partition coefficient (Wildman–Crippen LogP) is 3.53. The van der Waals surface area contributed by atoms with Crippen molar-refractivity contribution in [2.45, 2.75) is 6.92 Å². The molecule has 2 aromatic heterocycles. The second kappa shape index (κ2) is 5.28. The zero-order valence-corrected chi connectivity index (χ0v) is 11.9. The van der Waals surface area contributed by atoms with E-state index in [0.717, 1.165) is 22.2 Å². The number of amides is 2. The number of carbonyl (C=O) groups is 1. The van der Waals surface area contributed by atoms with Crippen LogP contribution in [0.3, 0.4) is 0 Å². The van der Waals surface area contributed by atoms with Crippen molar-refractivity contribution in [3.05, 3.63) is 54.4 Å². The lowest BCUT2D eigenvalue weighted by Crippen LogP contribution is -2.19. The molecule has 106 valence electrons. The topological polar surface area (TPSA) is 59.0 Å². The molecule has 0 radical (unpaired) electrons.